The summed E-state index contributed by atoms with van der Waals surface area (Å²) in [5.74, 6) is -0.817. The maximum absolute atomic E-state index is 13.7. The molecule has 2 aromatic rings. The Labute approximate surface area is 145 Å². The minimum Gasteiger partial charge on any atom is -0.494 e. The van der Waals surface area contributed by atoms with Crippen molar-refractivity contribution in [3.05, 3.63) is 65.5 Å². The summed E-state index contributed by atoms with van der Waals surface area (Å²) in [6, 6.07) is 13.1. The van der Waals surface area contributed by atoms with Gasteiger partial charge in [0.25, 0.3) is 5.91 Å². The molecule has 0 bridgehead atoms. The van der Waals surface area contributed by atoms with E-state index in [9.17, 15) is 14.0 Å². The van der Waals surface area contributed by atoms with Crippen LogP contribution in [0.1, 0.15) is 35.2 Å². The van der Waals surface area contributed by atoms with Crippen molar-refractivity contribution in [3.8, 4) is 5.75 Å². The topological polar surface area (TPSA) is 67.4 Å². The zero-order chi connectivity index (χ0) is 17.8. The van der Waals surface area contributed by atoms with Crippen LogP contribution in [0.15, 0.2) is 48.5 Å². The number of hydrogen-bond donors (Lipinski definition) is 2. The van der Waals surface area contributed by atoms with E-state index in [1.807, 2.05) is 6.92 Å². The van der Waals surface area contributed by atoms with Gasteiger partial charge >= 0.3 is 0 Å². The Kier molecular flexibility index (Phi) is 4.97. The van der Waals surface area contributed by atoms with Gasteiger partial charge in [-0.1, -0.05) is 18.2 Å². The Morgan fingerprint density at radius 1 is 1.12 bits per heavy atom. The zero-order valence-corrected chi connectivity index (χ0v) is 13.8. The van der Waals surface area contributed by atoms with Crippen molar-refractivity contribution in [2.45, 2.75) is 19.3 Å². The molecule has 0 heterocycles. The predicted octanol–water partition coefficient (Wildman–Crippen LogP) is 2.79. The molecular weight excluding hydrogens is 323 g/mol. The summed E-state index contributed by atoms with van der Waals surface area (Å²) in [4.78, 5) is 24.1. The fourth-order valence-corrected chi connectivity index (χ4v) is 2.76. The third-order valence-corrected chi connectivity index (χ3v) is 4.16. The van der Waals surface area contributed by atoms with E-state index in [2.05, 4.69) is 10.9 Å². The van der Waals surface area contributed by atoms with E-state index in [4.69, 9.17) is 4.74 Å². The Hall–Kier alpha value is -2.89. The highest BCUT2D eigenvalue weighted by atomic mass is 19.1. The van der Waals surface area contributed by atoms with Crippen molar-refractivity contribution in [3.63, 3.8) is 0 Å². The summed E-state index contributed by atoms with van der Waals surface area (Å²) >= 11 is 0. The maximum atomic E-state index is 13.7. The fourth-order valence-electron chi connectivity index (χ4n) is 2.76. The van der Waals surface area contributed by atoms with Crippen molar-refractivity contribution < 1.29 is 18.7 Å². The molecule has 25 heavy (non-hydrogen) atoms. The van der Waals surface area contributed by atoms with Gasteiger partial charge in [0.05, 0.1) is 6.61 Å². The van der Waals surface area contributed by atoms with Crippen molar-refractivity contribution in [2.24, 2.45) is 5.92 Å². The molecule has 1 aliphatic carbocycles. The Balaban J connectivity index is 1.51. The van der Waals surface area contributed by atoms with E-state index in [-0.39, 0.29) is 23.6 Å². The van der Waals surface area contributed by atoms with E-state index < -0.39 is 5.91 Å². The molecule has 1 aliphatic rings. The molecule has 6 heteroatoms. The molecule has 2 unspecified atom stereocenters. The molecule has 3 rings (SSSR count). The molecule has 0 aliphatic heterocycles. The van der Waals surface area contributed by atoms with E-state index >= 15 is 0 Å². The van der Waals surface area contributed by atoms with Gasteiger partial charge in [-0.2, -0.15) is 0 Å². The molecule has 2 aromatic carbocycles. The van der Waals surface area contributed by atoms with Gasteiger partial charge in [-0.3, -0.25) is 20.4 Å². The first kappa shape index (κ1) is 17.0. The minimum absolute atomic E-state index is 0.136. The van der Waals surface area contributed by atoms with Crippen LogP contribution in [0.3, 0.4) is 0 Å². The molecule has 5 nitrogen and oxygen atoms in total. The average Bonchev–Trinajstić information content (AvgIpc) is 3.41. The standard InChI is InChI=1S/C19H19FN2O3/c1-2-25-13-9-7-12(8-10-13)18(23)21-22-19(24)16-11-15(16)14-5-3-4-6-17(14)20/h3-10,15-16H,2,11H2,1H3,(H,21,23)(H,22,24). The summed E-state index contributed by atoms with van der Waals surface area (Å²) < 4.78 is 19.0. The number of amides is 2. The number of hydrazine groups is 1. The number of ether oxygens (including phenoxy) is 1. The molecule has 130 valence electrons. The van der Waals surface area contributed by atoms with E-state index in [0.717, 1.165) is 0 Å². The largest absolute Gasteiger partial charge is 0.494 e. The smallest absolute Gasteiger partial charge is 0.269 e. The van der Waals surface area contributed by atoms with Gasteiger partial charge in [0.1, 0.15) is 11.6 Å². The van der Waals surface area contributed by atoms with Crippen molar-refractivity contribution in [1.82, 2.24) is 10.9 Å². The van der Waals surface area contributed by atoms with Gasteiger partial charge in [0, 0.05) is 11.5 Å². The highest BCUT2D eigenvalue weighted by molar-refractivity contribution is 5.96. The van der Waals surface area contributed by atoms with E-state index in [1.165, 1.54) is 6.07 Å². The molecule has 2 atom stereocenters. The highest BCUT2D eigenvalue weighted by Gasteiger charge is 2.45. The van der Waals surface area contributed by atoms with Gasteiger partial charge in [0.15, 0.2) is 0 Å². The predicted molar refractivity (Wildman–Crippen MR) is 90.5 cm³/mol. The van der Waals surface area contributed by atoms with Gasteiger partial charge in [0.2, 0.25) is 5.91 Å². The van der Waals surface area contributed by atoms with Crippen LogP contribution in [-0.4, -0.2) is 18.4 Å². The van der Waals surface area contributed by atoms with Gasteiger partial charge < -0.3 is 4.74 Å². The fraction of sp³-hybridized carbons (Fsp3) is 0.263. The van der Waals surface area contributed by atoms with Crippen molar-refractivity contribution >= 4 is 11.8 Å². The minimum atomic E-state index is -0.417. The van der Waals surface area contributed by atoms with Crippen LogP contribution in [0.5, 0.6) is 5.75 Å². The average molecular weight is 342 g/mol. The summed E-state index contributed by atoms with van der Waals surface area (Å²) in [6.45, 7) is 2.43. The third-order valence-electron chi connectivity index (χ3n) is 4.16. The molecule has 0 saturated heterocycles. The first-order chi connectivity index (χ1) is 12.1. The number of carbonyl (C=O) groups excluding carboxylic acids is 2. The Bertz CT molecular complexity index is 776. The lowest BCUT2D eigenvalue weighted by atomic mass is 10.1. The van der Waals surface area contributed by atoms with Crippen LogP contribution in [-0.2, 0) is 4.79 Å². The lowest BCUT2D eigenvalue weighted by Crippen LogP contribution is -2.42. The second-order valence-electron chi connectivity index (χ2n) is 5.87. The Morgan fingerprint density at radius 3 is 2.52 bits per heavy atom. The highest BCUT2D eigenvalue weighted by Crippen LogP contribution is 2.48. The summed E-state index contributed by atoms with van der Waals surface area (Å²) in [6.07, 6.45) is 0.575. The van der Waals surface area contributed by atoms with Gasteiger partial charge in [-0.25, -0.2) is 4.39 Å². The first-order valence-electron chi connectivity index (χ1n) is 8.17. The number of halogens is 1. The molecule has 1 fully saturated rings. The van der Waals surface area contributed by atoms with Gasteiger partial charge in [-0.05, 0) is 55.2 Å². The summed E-state index contributed by atoms with van der Waals surface area (Å²) in [5.41, 5.74) is 5.74. The first-order valence-corrected chi connectivity index (χ1v) is 8.17. The van der Waals surface area contributed by atoms with Crippen molar-refractivity contribution in [1.29, 1.82) is 0 Å². The van der Waals surface area contributed by atoms with Gasteiger partial charge in [-0.15, -0.1) is 0 Å². The SMILES string of the molecule is CCOc1ccc(C(=O)NNC(=O)C2CC2c2ccccc2F)cc1. The number of rotatable bonds is 5. The normalized spacial score (nSPS) is 18.3. The van der Waals surface area contributed by atoms with E-state index in [1.54, 1.807) is 42.5 Å². The quantitative estimate of drug-likeness (QED) is 0.821. The lowest BCUT2D eigenvalue weighted by Gasteiger charge is -2.08. The molecule has 2 N–H and O–H groups in total. The number of nitrogens with one attached hydrogen (secondary N) is 2. The molecule has 2 amide bonds. The monoisotopic (exact) mass is 342 g/mol. The number of benzene rings is 2. The summed E-state index contributed by atoms with van der Waals surface area (Å²) in [5, 5.41) is 0. The summed E-state index contributed by atoms with van der Waals surface area (Å²) in [7, 11) is 0. The zero-order valence-electron chi connectivity index (χ0n) is 13.8. The van der Waals surface area contributed by atoms with Crippen molar-refractivity contribution in [2.75, 3.05) is 6.61 Å². The molecule has 0 spiro atoms. The second-order valence-corrected chi connectivity index (χ2v) is 5.87. The molecule has 0 radical (unpaired) electrons. The Morgan fingerprint density at radius 2 is 1.84 bits per heavy atom. The molecular formula is C19H19FN2O3. The van der Waals surface area contributed by atoms with Crippen LogP contribution >= 0.6 is 0 Å². The number of hydrogen-bond acceptors (Lipinski definition) is 3. The molecule has 0 aromatic heterocycles. The lowest BCUT2D eigenvalue weighted by molar-refractivity contribution is -0.123. The van der Waals surface area contributed by atoms with Crippen LogP contribution in [0.25, 0.3) is 0 Å². The van der Waals surface area contributed by atoms with Crippen LogP contribution in [0, 0.1) is 11.7 Å². The molecule has 1 saturated carbocycles. The van der Waals surface area contributed by atoms with Crippen LogP contribution in [0.4, 0.5) is 4.39 Å². The second kappa shape index (κ2) is 7.34. The number of carbonyl (C=O) groups is 2. The maximum Gasteiger partial charge on any atom is 0.269 e. The van der Waals surface area contributed by atoms with Crippen LogP contribution in [0.2, 0.25) is 0 Å². The third kappa shape index (κ3) is 3.96. The van der Waals surface area contributed by atoms with E-state index in [0.29, 0.717) is 29.9 Å². The van der Waals surface area contributed by atoms with Crippen LogP contribution < -0.4 is 15.6 Å².